The van der Waals surface area contributed by atoms with E-state index in [2.05, 4.69) is 60.5 Å². The molecule has 0 bridgehead atoms. The molecule has 2 aromatic rings. The molecule has 0 aliphatic carbocycles. The molecular weight excluding hydrogens is 244 g/mol. The maximum absolute atomic E-state index is 4.50. The summed E-state index contributed by atoms with van der Waals surface area (Å²) in [6.45, 7) is 4.26. The first-order chi connectivity index (χ1) is 9.69. The van der Waals surface area contributed by atoms with Crippen molar-refractivity contribution in [1.29, 1.82) is 0 Å². The van der Waals surface area contributed by atoms with Crippen LogP contribution in [0.1, 0.15) is 28.8 Å². The lowest BCUT2D eigenvalue weighted by molar-refractivity contribution is 0.514. The van der Waals surface area contributed by atoms with Crippen molar-refractivity contribution in [2.45, 2.75) is 39.2 Å². The fourth-order valence-corrected chi connectivity index (χ4v) is 2.44. The highest BCUT2D eigenvalue weighted by Gasteiger charge is 2.09. The van der Waals surface area contributed by atoms with E-state index in [9.17, 15) is 0 Å². The van der Waals surface area contributed by atoms with Gasteiger partial charge in [0.25, 0.3) is 0 Å². The van der Waals surface area contributed by atoms with Gasteiger partial charge in [-0.1, -0.05) is 30.3 Å². The zero-order valence-electron chi connectivity index (χ0n) is 12.7. The highest BCUT2D eigenvalue weighted by atomic mass is 14.9. The van der Waals surface area contributed by atoms with E-state index in [4.69, 9.17) is 0 Å². The van der Waals surface area contributed by atoms with Gasteiger partial charge >= 0.3 is 0 Å². The minimum atomic E-state index is 0.477. The summed E-state index contributed by atoms with van der Waals surface area (Å²) in [6.07, 6.45) is 5.19. The van der Waals surface area contributed by atoms with Gasteiger partial charge in [0.05, 0.1) is 0 Å². The molecule has 2 rings (SSSR count). The maximum Gasteiger partial charge on any atom is 0.0419 e. The zero-order valence-corrected chi connectivity index (χ0v) is 12.7. The maximum atomic E-state index is 4.50. The molecule has 2 heteroatoms. The van der Waals surface area contributed by atoms with Gasteiger partial charge in [-0.3, -0.25) is 4.98 Å². The van der Waals surface area contributed by atoms with Crippen molar-refractivity contribution in [2.24, 2.45) is 0 Å². The van der Waals surface area contributed by atoms with Gasteiger partial charge in [0, 0.05) is 24.4 Å². The van der Waals surface area contributed by atoms with Crippen molar-refractivity contribution < 1.29 is 0 Å². The Bertz CT molecular complexity index is 531. The summed E-state index contributed by atoms with van der Waals surface area (Å²) in [4.78, 5) is 4.50. The molecule has 1 N–H and O–H groups in total. The summed E-state index contributed by atoms with van der Waals surface area (Å²) in [5, 5.41) is 3.41. The Morgan fingerprint density at radius 3 is 2.55 bits per heavy atom. The van der Waals surface area contributed by atoms with Crippen LogP contribution in [0.15, 0.2) is 42.6 Å². The van der Waals surface area contributed by atoms with E-state index in [1.54, 1.807) is 0 Å². The lowest BCUT2D eigenvalue weighted by Crippen LogP contribution is -2.28. The number of pyridine rings is 1. The predicted octanol–water partition coefficient (Wildman–Crippen LogP) is 3.46. The summed E-state index contributed by atoms with van der Waals surface area (Å²) >= 11 is 0. The zero-order chi connectivity index (χ0) is 14.4. The molecule has 1 atom stereocenters. The van der Waals surface area contributed by atoms with Gasteiger partial charge in [-0.25, -0.2) is 0 Å². The van der Waals surface area contributed by atoms with Crippen molar-refractivity contribution in [3.63, 3.8) is 0 Å². The van der Waals surface area contributed by atoms with Crippen LogP contribution in [-0.4, -0.2) is 18.1 Å². The molecule has 0 amide bonds. The molecular formula is C18H24N2. The third kappa shape index (κ3) is 4.17. The lowest BCUT2D eigenvalue weighted by atomic mass is 9.98. The monoisotopic (exact) mass is 268 g/mol. The van der Waals surface area contributed by atoms with Crippen LogP contribution in [0.2, 0.25) is 0 Å². The number of rotatable bonds is 6. The van der Waals surface area contributed by atoms with Gasteiger partial charge < -0.3 is 5.32 Å². The molecule has 0 saturated heterocycles. The van der Waals surface area contributed by atoms with Crippen molar-refractivity contribution in [3.05, 3.63) is 65.0 Å². The first kappa shape index (κ1) is 14.7. The lowest BCUT2D eigenvalue weighted by Gasteiger charge is -2.16. The Morgan fingerprint density at radius 2 is 1.90 bits per heavy atom. The van der Waals surface area contributed by atoms with Gasteiger partial charge in [-0.2, -0.15) is 0 Å². The van der Waals surface area contributed by atoms with Crippen LogP contribution >= 0.6 is 0 Å². The number of benzene rings is 1. The highest BCUT2D eigenvalue weighted by molar-refractivity contribution is 5.25. The molecule has 0 fully saturated rings. The molecule has 0 aliphatic heterocycles. The fraction of sp³-hybridized carbons (Fsp3) is 0.389. The third-order valence-corrected chi connectivity index (χ3v) is 3.86. The minimum Gasteiger partial charge on any atom is -0.317 e. The van der Waals surface area contributed by atoms with Gasteiger partial charge in [0.1, 0.15) is 0 Å². The first-order valence-corrected chi connectivity index (χ1v) is 7.32. The molecule has 1 heterocycles. The molecule has 0 spiro atoms. The molecule has 1 unspecified atom stereocenters. The number of hydrogen-bond donors (Lipinski definition) is 1. The Balaban J connectivity index is 1.92. The molecule has 0 saturated carbocycles. The summed E-state index contributed by atoms with van der Waals surface area (Å²) in [5.74, 6) is 0. The average Bonchev–Trinajstić information content (AvgIpc) is 2.47. The summed E-state index contributed by atoms with van der Waals surface area (Å²) in [7, 11) is 2.04. The summed E-state index contributed by atoms with van der Waals surface area (Å²) in [5.41, 5.74) is 5.22. The quantitative estimate of drug-likeness (QED) is 0.868. The van der Waals surface area contributed by atoms with E-state index in [-0.39, 0.29) is 0 Å². The fourth-order valence-electron chi connectivity index (χ4n) is 2.44. The number of nitrogens with one attached hydrogen (secondary N) is 1. The second-order valence-electron chi connectivity index (χ2n) is 5.48. The van der Waals surface area contributed by atoms with Gasteiger partial charge in [-0.15, -0.1) is 0 Å². The topological polar surface area (TPSA) is 24.9 Å². The SMILES string of the molecule is CNC(CCc1ccccc1C)Cc1ccc(C)cn1. The van der Waals surface area contributed by atoms with E-state index in [0.29, 0.717) is 6.04 Å². The average molecular weight is 268 g/mol. The van der Waals surface area contributed by atoms with E-state index >= 15 is 0 Å². The van der Waals surface area contributed by atoms with Gasteiger partial charge in [0.15, 0.2) is 0 Å². The van der Waals surface area contributed by atoms with Crippen LogP contribution in [0, 0.1) is 13.8 Å². The molecule has 0 radical (unpaired) electrons. The van der Waals surface area contributed by atoms with Crippen LogP contribution < -0.4 is 5.32 Å². The van der Waals surface area contributed by atoms with E-state index in [1.807, 2.05) is 13.2 Å². The van der Waals surface area contributed by atoms with Crippen LogP contribution in [0.5, 0.6) is 0 Å². The molecule has 20 heavy (non-hydrogen) atoms. The van der Waals surface area contributed by atoms with Crippen LogP contribution in [-0.2, 0) is 12.8 Å². The normalized spacial score (nSPS) is 12.3. The number of likely N-dealkylation sites (N-methyl/N-ethyl adjacent to an activating group) is 1. The van der Waals surface area contributed by atoms with Gasteiger partial charge in [-0.05, 0) is 56.5 Å². The summed E-state index contributed by atoms with van der Waals surface area (Å²) in [6, 6.07) is 13.4. The number of nitrogens with zero attached hydrogens (tertiary/aromatic N) is 1. The van der Waals surface area contributed by atoms with Crippen LogP contribution in [0.3, 0.4) is 0 Å². The Hall–Kier alpha value is -1.67. The van der Waals surface area contributed by atoms with E-state index in [1.165, 1.54) is 22.4 Å². The largest absolute Gasteiger partial charge is 0.317 e. The van der Waals surface area contributed by atoms with Crippen molar-refractivity contribution in [3.8, 4) is 0 Å². The Morgan fingerprint density at radius 1 is 1.10 bits per heavy atom. The van der Waals surface area contributed by atoms with Gasteiger partial charge in [0.2, 0.25) is 0 Å². The summed E-state index contributed by atoms with van der Waals surface area (Å²) < 4.78 is 0. The van der Waals surface area contributed by atoms with Crippen molar-refractivity contribution >= 4 is 0 Å². The number of aromatic nitrogens is 1. The molecule has 2 nitrogen and oxygen atoms in total. The number of aryl methyl sites for hydroxylation is 3. The third-order valence-electron chi connectivity index (χ3n) is 3.86. The minimum absolute atomic E-state index is 0.477. The van der Waals surface area contributed by atoms with E-state index in [0.717, 1.165) is 19.3 Å². The van der Waals surface area contributed by atoms with Crippen LogP contribution in [0.4, 0.5) is 0 Å². The number of hydrogen-bond acceptors (Lipinski definition) is 2. The highest BCUT2D eigenvalue weighted by Crippen LogP contribution is 2.12. The molecule has 0 aliphatic rings. The van der Waals surface area contributed by atoms with Crippen LogP contribution in [0.25, 0.3) is 0 Å². The Labute approximate surface area is 122 Å². The smallest absolute Gasteiger partial charge is 0.0419 e. The standard InChI is InChI=1S/C18H24N2/c1-14-8-10-18(20-13-14)12-17(19-3)11-9-16-7-5-4-6-15(16)2/h4-8,10,13,17,19H,9,11-12H2,1-3H3. The van der Waals surface area contributed by atoms with Crippen molar-refractivity contribution in [2.75, 3.05) is 7.05 Å². The molecule has 106 valence electrons. The van der Waals surface area contributed by atoms with Crippen molar-refractivity contribution in [1.82, 2.24) is 10.3 Å². The first-order valence-electron chi connectivity index (χ1n) is 7.32. The molecule has 1 aromatic heterocycles. The second-order valence-corrected chi connectivity index (χ2v) is 5.48. The van der Waals surface area contributed by atoms with E-state index < -0.39 is 0 Å². The predicted molar refractivity (Wildman–Crippen MR) is 85.0 cm³/mol. The second kappa shape index (κ2) is 7.20. The molecule has 1 aromatic carbocycles. The Kier molecular flexibility index (Phi) is 5.31.